The number of rotatable bonds is 4. The number of nitrogen functional groups attached to an aromatic ring is 1. The molecule has 1 amide bonds. The molecular formula is C14H20N4O3. The number of nitrogens with two attached hydrogens (primary N) is 1. The lowest BCUT2D eigenvalue weighted by atomic mass is 10.0. The lowest BCUT2D eigenvalue weighted by Gasteiger charge is -2.11. The van der Waals surface area contributed by atoms with E-state index in [0.29, 0.717) is 0 Å². The first-order valence-electron chi connectivity index (χ1n) is 6.69. The Hall–Kier alpha value is -2.15. The van der Waals surface area contributed by atoms with Gasteiger partial charge in [0, 0.05) is 12.1 Å². The summed E-state index contributed by atoms with van der Waals surface area (Å²) in [6.07, 6.45) is 0. The van der Waals surface area contributed by atoms with Gasteiger partial charge in [0.25, 0.3) is 11.6 Å². The number of nitro groups is 1. The zero-order valence-corrected chi connectivity index (χ0v) is 12.6. The fourth-order valence-electron chi connectivity index (χ4n) is 2.80. The van der Waals surface area contributed by atoms with Crippen LogP contribution in [0.3, 0.4) is 0 Å². The molecule has 0 saturated heterocycles. The largest absolute Gasteiger partial charge is 0.348 e. The van der Waals surface area contributed by atoms with Gasteiger partial charge in [-0.05, 0) is 16.9 Å². The van der Waals surface area contributed by atoms with Gasteiger partial charge in [-0.2, -0.15) is 0 Å². The number of amides is 1. The number of benzene rings is 1. The van der Waals surface area contributed by atoms with Crippen LogP contribution in [0.25, 0.3) is 0 Å². The second-order valence-corrected chi connectivity index (χ2v) is 6.45. The summed E-state index contributed by atoms with van der Waals surface area (Å²) in [4.78, 5) is 22.8. The van der Waals surface area contributed by atoms with Crippen molar-refractivity contribution >= 4 is 17.3 Å². The van der Waals surface area contributed by atoms with Crippen molar-refractivity contribution in [3.63, 3.8) is 0 Å². The van der Waals surface area contributed by atoms with Crippen molar-refractivity contribution < 1.29 is 9.72 Å². The fourth-order valence-corrected chi connectivity index (χ4v) is 2.80. The van der Waals surface area contributed by atoms with E-state index >= 15 is 0 Å². The van der Waals surface area contributed by atoms with Crippen LogP contribution in [0.1, 0.15) is 38.1 Å². The fraction of sp³-hybridized carbons (Fsp3) is 0.500. The maximum Gasteiger partial charge on any atom is 0.294 e. The molecule has 0 spiro atoms. The zero-order valence-electron chi connectivity index (χ0n) is 12.6. The molecule has 114 valence electrons. The molecule has 0 unspecified atom stereocenters. The van der Waals surface area contributed by atoms with Crippen LogP contribution in [-0.2, 0) is 0 Å². The van der Waals surface area contributed by atoms with Crippen molar-refractivity contribution in [2.24, 2.45) is 16.7 Å². The van der Waals surface area contributed by atoms with Gasteiger partial charge in [0.1, 0.15) is 5.69 Å². The third-order valence-corrected chi connectivity index (χ3v) is 4.92. The smallest absolute Gasteiger partial charge is 0.294 e. The van der Waals surface area contributed by atoms with Crippen LogP contribution in [0.4, 0.5) is 11.4 Å². The number of anilines is 1. The predicted octanol–water partition coefficient (Wildman–Crippen LogP) is 2.04. The highest BCUT2D eigenvalue weighted by molar-refractivity contribution is 6.02. The third kappa shape index (κ3) is 2.23. The van der Waals surface area contributed by atoms with Gasteiger partial charge in [-0.15, -0.1) is 0 Å². The van der Waals surface area contributed by atoms with Crippen molar-refractivity contribution in [3.05, 3.63) is 33.9 Å². The van der Waals surface area contributed by atoms with Crippen LogP contribution in [0.15, 0.2) is 18.2 Å². The third-order valence-electron chi connectivity index (χ3n) is 4.92. The summed E-state index contributed by atoms with van der Waals surface area (Å²) in [5, 5.41) is 13.9. The van der Waals surface area contributed by atoms with Crippen molar-refractivity contribution in [3.8, 4) is 0 Å². The van der Waals surface area contributed by atoms with Crippen LogP contribution in [0.5, 0.6) is 0 Å². The van der Waals surface area contributed by atoms with Gasteiger partial charge in [0.15, 0.2) is 0 Å². The summed E-state index contributed by atoms with van der Waals surface area (Å²) in [7, 11) is 0. The maximum absolute atomic E-state index is 12.4. The number of nitrogens with zero attached hydrogens (tertiary/aromatic N) is 1. The number of hydrogen-bond acceptors (Lipinski definition) is 5. The summed E-state index contributed by atoms with van der Waals surface area (Å²) in [5.41, 5.74) is 2.20. The lowest BCUT2D eigenvalue weighted by Crippen LogP contribution is -2.31. The molecule has 0 aromatic heterocycles. The number of hydrazine groups is 1. The predicted molar refractivity (Wildman–Crippen MR) is 79.7 cm³/mol. The van der Waals surface area contributed by atoms with Crippen molar-refractivity contribution in [2.75, 3.05) is 5.43 Å². The van der Waals surface area contributed by atoms with Crippen LogP contribution >= 0.6 is 0 Å². The van der Waals surface area contributed by atoms with E-state index in [4.69, 9.17) is 5.84 Å². The molecule has 4 N–H and O–H groups in total. The molecule has 1 fully saturated rings. The average molecular weight is 292 g/mol. The van der Waals surface area contributed by atoms with Gasteiger partial charge in [0.2, 0.25) is 0 Å². The number of carbonyl (C=O) groups excluding carboxylic acids is 1. The Morgan fingerprint density at radius 2 is 1.86 bits per heavy atom. The summed E-state index contributed by atoms with van der Waals surface area (Å²) >= 11 is 0. The second-order valence-electron chi connectivity index (χ2n) is 6.45. The van der Waals surface area contributed by atoms with Crippen LogP contribution in [0.2, 0.25) is 0 Å². The highest BCUT2D eigenvalue weighted by atomic mass is 16.6. The molecule has 1 saturated carbocycles. The standard InChI is InChI=1S/C14H20N4O3/c1-13(2)12(14(13,3)4)16-11(19)8-6-5-7-9(18(20)21)10(8)17-15/h5-7,12,17H,15H2,1-4H3,(H,16,19). The normalized spacial score (nSPS) is 18.9. The van der Waals surface area contributed by atoms with Crippen LogP contribution in [0, 0.1) is 20.9 Å². The zero-order chi connectivity index (χ0) is 16.0. The molecule has 1 aromatic carbocycles. The maximum atomic E-state index is 12.4. The van der Waals surface area contributed by atoms with E-state index in [1.807, 2.05) is 0 Å². The molecule has 7 nitrogen and oxygen atoms in total. The number of nitrogens with one attached hydrogen (secondary N) is 2. The van der Waals surface area contributed by atoms with Crippen molar-refractivity contribution in [1.29, 1.82) is 0 Å². The minimum atomic E-state index is -0.572. The van der Waals surface area contributed by atoms with Crippen molar-refractivity contribution in [2.45, 2.75) is 33.7 Å². The van der Waals surface area contributed by atoms with Gasteiger partial charge in [0.05, 0.1) is 10.5 Å². The minimum absolute atomic E-state index is 0.0142. The highest BCUT2D eigenvalue weighted by Gasteiger charge is 2.65. The van der Waals surface area contributed by atoms with E-state index in [0.717, 1.165) is 0 Å². The summed E-state index contributed by atoms with van der Waals surface area (Å²) in [6, 6.07) is 4.30. The number of carbonyl (C=O) groups is 1. The first-order chi connectivity index (χ1) is 9.64. The quantitative estimate of drug-likeness (QED) is 0.447. The Morgan fingerprint density at radius 3 is 2.29 bits per heavy atom. The highest BCUT2D eigenvalue weighted by Crippen LogP contribution is 2.62. The number of para-hydroxylation sites is 1. The van der Waals surface area contributed by atoms with Crippen LogP contribution < -0.4 is 16.6 Å². The molecule has 1 aliphatic carbocycles. The molecule has 21 heavy (non-hydrogen) atoms. The number of nitro benzene ring substituents is 1. The molecule has 1 aromatic rings. The topological polar surface area (TPSA) is 110 Å². The SMILES string of the molecule is CC1(C)C(NC(=O)c2cccc([N+](=O)[O-])c2NN)C1(C)C. The first kappa shape index (κ1) is 15.2. The Kier molecular flexibility index (Phi) is 3.41. The summed E-state index contributed by atoms with van der Waals surface area (Å²) in [5.74, 6) is 4.98. The molecule has 0 bridgehead atoms. The molecule has 0 heterocycles. The summed E-state index contributed by atoms with van der Waals surface area (Å²) in [6.45, 7) is 8.31. The Morgan fingerprint density at radius 1 is 1.29 bits per heavy atom. The van der Waals surface area contributed by atoms with Gasteiger partial charge in [-0.1, -0.05) is 33.8 Å². The monoisotopic (exact) mass is 292 g/mol. The van der Waals surface area contributed by atoms with E-state index in [2.05, 4.69) is 38.4 Å². The number of hydrogen-bond donors (Lipinski definition) is 3. The second kappa shape index (κ2) is 4.70. The minimum Gasteiger partial charge on any atom is -0.348 e. The van der Waals surface area contributed by atoms with E-state index in [-0.39, 0.29) is 39.7 Å². The van der Waals surface area contributed by atoms with E-state index in [1.54, 1.807) is 0 Å². The molecule has 0 radical (unpaired) electrons. The summed E-state index contributed by atoms with van der Waals surface area (Å²) < 4.78 is 0. The molecule has 2 rings (SSSR count). The van der Waals surface area contributed by atoms with Gasteiger partial charge in [-0.25, -0.2) is 0 Å². The molecular weight excluding hydrogens is 272 g/mol. The van der Waals surface area contributed by atoms with E-state index < -0.39 is 4.92 Å². The first-order valence-corrected chi connectivity index (χ1v) is 6.69. The lowest BCUT2D eigenvalue weighted by molar-refractivity contribution is -0.384. The van der Waals surface area contributed by atoms with E-state index in [9.17, 15) is 14.9 Å². The van der Waals surface area contributed by atoms with E-state index in [1.165, 1.54) is 18.2 Å². The Balaban J connectivity index is 2.29. The molecule has 0 aliphatic heterocycles. The Labute approximate surface area is 123 Å². The molecule has 0 atom stereocenters. The Bertz CT molecular complexity index is 596. The van der Waals surface area contributed by atoms with Gasteiger partial charge < -0.3 is 10.7 Å². The molecule has 7 heteroatoms. The van der Waals surface area contributed by atoms with Gasteiger partial charge in [-0.3, -0.25) is 20.8 Å². The van der Waals surface area contributed by atoms with Crippen molar-refractivity contribution in [1.82, 2.24) is 5.32 Å². The molecule has 1 aliphatic rings. The van der Waals surface area contributed by atoms with Gasteiger partial charge >= 0.3 is 0 Å². The van der Waals surface area contributed by atoms with Crippen LogP contribution in [-0.4, -0.2) is 16.9 Å². The average Bonchev–Trinajstić information content (AvgIpc) is 2.79.